The van der Waals surface area contributed by atoms with E-state index in [1.54, 1.807) is 0 Å². The van der Waals surface area contributed by atoms with E-state index in [1.165, 1.54) is 24.3 Å². The standard InChI is InChI=1S/C9H8N2O5.C4H9NO5S/c12-8(13)5-10-9(14)6-1-3-7(4-2-6)11(15)16;5-3(4(6)7)1-2-11(8,9)10/h1-4H,5H2,(H,10,14)(H,12,13);3H,1-2,5H2,(H,6,7)(H,8,9,10). The molecule has 0 saturated heterocycles. The molecule has 14 heteroatoms. The highest BCUT2D eigenvalue weighted by Crippen LogP contribution is 2.11. The van der Waals surface area contributed by atoms with Crippen LogP contribution in [-0.4, -0.2) is 64.3 Å². The molecule has 0 aromatic heterocycles. The minimum atomic E-state index is -4.10. The molecular formula is C13H17N3O10S. The summed E-state index contributed by atoms with van der Waals surface area (Å²) in [5.74, 6) is -3.65. The molecule has 13 nitrogen and oxygen atoms in total. The van der Waals surface area contributed by atoms with Crippen LogP contribution in [-0.2, 0) is 19.7 Å². The summed E-state index contributed by atoms with van der Waals surface area (Å²) < 4.78 is 28.3. The Morgan fingerprint density at radius 1 is 1.19 bits per heavy atom. The smallest absolute Gasteiger partial charge is 0.322 e. The molecule has 1 amide bonds. The number of hydrogen-bond donors (Lipinski definition) is 5. The van der Waals surface area contributed by atoms with Crippen molar-refractivity contribution in [3.05, 3.63) is 39.9 Å². The second-order valence-corrected chi connectivity index (χ2v) is 6.47. The molecule has 0 bridgehead atoms. The van der Waals surface area contributed by atoms with Crippen LogP contribution < -0.4 is 11.1 Å². The Hall–Kier alpha value is -3.10. The number of rotatable bonds is 8. The third-order valence-electron chi connectivity index (χ3n) is 2.74. The van der Waals surface area contributed by atoms with Gasteiger partial charge in [-0.3, -0.25) is 29.1 Å². The van der Waals surface area contributed by atoms with Gasteiger partial charge in [0.1, 0.15) is 12.6 Å². The van der Waals surface area contributed by atoms with Gasteiger partial charge < -0.3 is 21.3 Å². The van der Waals surface area contributed by atoms with E-state index in [-0.39, 0.29) is 17.7 Å². The molecule has 1 aromatic carbocycles. The molecule has 6 N–H and O–H groups in total. The minimum absolute atomic E-state index is 0.130. The van der Waals surface area contributed by atoms with Crippen LogP contribution >= 0.6 is 0 Å². The Morgan fingerprint density at radius 2 is 1.70 bits per heavy atom. The number of carboxylic acids is 2. The number of benzene rings is 1. The van der Waals surface area contributed by atoms with Crippen molar-refractivity contribution in [1.29, 1.82) is 0 Å². The van der Waals surface area contributed by atoms with Crippen molar-refractivity contribution in [3.8, 4) is 0 Å². The summed E-state index contributed by atoms with van der Waals surface area (Å²) in [7, 11) is -4.10. The van der Waals surface area contributed by atoms with Crippen LogP contribution in [0.1, 0.15) is 16.8 Å². The number of non-ortho nitro benzene ring substituents is 1. The zero-order valence-electron chi connectivity index (χ0n) is 13.6. The summed E-state index contributed by atoms with van der Waals surface area (Å²) >= 11 is 0. The maximum atomic E-state index is 11.3. The zero-order valence-corrected chi connectivity index (χ0v) is 14.5. The lowest BCUT2D eigenvalue weighted by atomic mass is 10.2. The minimum Gasteiger partial charge on any atom is -0.480 e. The maximum Gasteiger partial charge on any atom is 0.322 e. The summed E-state index contributed by atoms with van der Waals surface area (Å²) in [6.07, 6.45) is -0.284. The maximum absolute atomic E-state index is 11.3. The number of hydrogen-bond acceptors (Lipinski definition) is 8. The molecule has 0 heterocycles. The van der Waals surface area contributed by atoms with E-state index in [1.807, 2.05) is 0 Å². The van der Waals surface area contributed by atoms with Gasteiger partial charge in [0.25, 0.3) is 21.7 Å². The fraction of sp³-hybridized carbons (Fsp3) is 0.308. The largest absolute Gasteiger partial charge is 0.480 e. The Morgan fingerprint density at radius 3 is 2.07 bits per heavy atom. The number of carbonyl (C=O) groups excluding carboxylic acids is 1. The lowest BCUT2D eigenvalue weighted by Crippen LogP contribution is -2.32. The summed E-state index contributed by atoms with van der Waals surface area (Å²) in [6.45, 7) is -0.490. The molecule has 1 atom stereocenters. The number of nitro groups is 1. The Labute approximate surface area is 152 Å². The Balaban J connectivity index is 0.000000541. The first-order valence-corrected chi connectivity index (χ1v) is 8.62. The van der Waals surface area contributed by atoms with E-state index >= 15 is 0 Å². The number of nitro benzene ring substituents is 1. The van der Waals surface area contributed by atoms with Crippen LogP contribution in [0.25, 0.3) is 0 Å². The number of nitrogens with one attached hydrogen (secondary N) is 1. The lowest BCUT2D eigenvalue weighted by molar-refractivity contribution is -0.384. The molecule has 0 saturated carbocycles. The van der Waals surface area contributed by atoms with Crippen LogP contribution in [0.2, 0.25) is 0 Å². The van der Waals surface area contributed by atoms with Crippen molar-refractivity contribution in [1.82, 2.24) is 5.32 Å². The molecule has 0 aliphatic carbocycles. The molecule has 1 unspecified atom stereocenters. The average molecular weight is 407 g/mol. The number of nitrogens with zero attached hydrogens (tertiary/aromatic N) is 1. The summed E-state index contributed by atoms with van der Waals surface area (Å²) in [6, 6.07) is 3.63. The van der Waals surface area contributed by atoms with Crippen molar-refractivity contribution in [2.45, 2.75) is 12.5 Å². The molecule has 150 valence electrons. The third-order valence-corrected chi connectivity index (χ3v) is 3.50. The van der Waals surface area contributed by atoms with E-state index in [0.29, 0.717) is 0 Å². The molecule has 1 aromatic rings. The molecule has 0 aliphatic rings. The van der Waals surface area contributed by atoms with E-state index < -0.39 is 51.2 Å². The van der Waals surface area contributed by atoms with Gasteiger partial charge in [-0.2, -0.15) is 8.42 Å². The molecule has 27 heavy (non-hydrogen) atoms. The number of aliphatic carboxylic acids is 2. The van der Waals surface area contributed by atoms with E-state index in [4.69, 9.17) is 20.5 Å². The summed E-state index contributed by atoms with van der Waals surface area (Å²) in [4.78, 5) is 41.2. The Bertz CT molecular complexity index is 791. The van der Waals surface area contributed by atoms with Crippen LogP contribution in [0, 0.1) is 10.1 Å². The van der Waals surface area contributed by atoms with Crippen LogP contribution in [0.3, 0.4) is 0 Å². The van der Waals surface area contributed by atoms with Gasteiger partial charge in [0.2, 0.25) is 0 Å². The normalized spacial score (nSPS) is 11.5. The number of amides is 1. The fourth-order valence-electron chi connectivity index (χ4n) is 1.39. The van der Waals surface area contributed by atoms with Gasteiger partial charge in [0, 0.05) is 17.7 Å². The van der Waals surface area contributed by atoms with Crippen molar-refractivity contribution in [2.75, 3.05) is 12.3 Å². The topological polar surface area (TPSA) is 227 Å². The monoisotopic (exact) mass is 407 g/mol. The number of carbonyl (C=O) groups is 3. The van der Waals surface area contributed by atoms with Crippen LogP contribution in [0.4, 0.5) is 5.69 Å². The second kappa shape index (κ2) is 10.8. The quantitative estimate of drug-likeness (QED) is 0.201. The van der Waals surface area contributed by atoms with Gasteiger partial charge in [0.05, 0.1) is 10.7 Å². The van der Waals surface area contributed by atoms with Gasteiger partial charge in [-0.15, -0.1) is 0 Å². The highest BCUT2D eigenvalue weighted by atomic mass is 32.2. The average Bonchev–Trinajstić information content (AvgIpc) is 2.57. The van der Waals surface area contributed by atoms with Crippen molar-refractivity contribution in [3.63, 3.8) is 0 Å². The number of carboxylic acid groups (broad SMARTS) is 2. The molecule has 0 aliphatic heterocycles. The molecule has 1 rings (SSSR count). The van der Waals surface area contributed by atoms with Crippen molar-refractivity contribution in [2.24, 2.45) is 5.73 Å². The van der Waals surface area contributed by atoms with E-state index in [2.05, 4.69) is 5.32 Å². The zero-order chi connectivity index (χ0) is 21.2. The predicted molar refractivity (Wildman–Crippen MR) is 89.7 cm³/mol. The SMILES string of the molecule is NC(CCS(=O)(=O)O)C(=O)O.O=C(O)CNC(=O)c1ccc([N+](=O)[O-])cc1. The highest BCUT2D eigenvalue weighted by molar-refractivity contribution is 7.85. The first-order valence-electron chi connectivity index (χ1n) is 7.01. The highest BCUT2D eigenvalue weighted by Gasteiger charge is 2.15. The van der Waals surface area contributed by atoms with Crippen LogP contribution in [0.5, 0.6) is 0 Å². The molecular weight excluding hydrogens is 390 g/mol. The van der Waals surface area contributed by atoms with Gasteiger partial charge in [-0.05, 0) is 18.6 Å². The summed E-state index contributed by atoms with van der Waals surface area (Å²) in [5, 5.41) is 29.0. The first kappa shape index (κ1) is 23.9. The molecule has 0 radical (unpaired) electrons. The predicted octanol–water partition coefficient (Wildman–Crippen LogP) is -0.915. The van der Waals surface area contributed by atoms with Gasteiger partial charge >= 0.3 is 11.9 Å². The van der Waals surface area contributed by atoms with Gasteiger partial charge in [-0.1, -0.05) is 0 Å². The van der Waals surface area contributed by atoms with Crippen molar-refractivity contribution < 1.29 is 42.5 Å². The third kappa shape index (κ3) is 11.2. The second-order valence-electron chi connectivity index (χ2n) is 4.90. The molecule has 0 spiro atoms. The summed E-state index contributed by atoms with van der Waals surface area (Å²) in [5.41, 5.74) is 4.99. The first-order chi connectivity index (χ1) is 12.3. The van der Waals surface area contributed by atoms with Gasteiger partial charge in [-0.25, -0.2) is 0 Å². The van der Waals surface area contributed by atoms with Crippen molar-refractivity contribution >= 4 is 33.7 Å². The number of nitrogens with two attached hydrogens (primary N) is 1. The van der Waals surface area contributed by atoms with E-state index in [0.717, 1.165) is 0 Å². The molecule has 0 fully saturated rings. The van der Waals surface area contributed by atoms with Crippen LogP contribution in [0.15, 0.2) is 24.3 Å². The lowest BCUT2D eigenvalue weighted by Gasteiger charge is -2.02. The van der Waals surface area contributed by atoms with E-state index in [9.17, 15) is 32.9 Å². The Kier molecular flexibility index (Phi) is 9.55. The fourth-order valence-corrected chi connectivity index (χ4v) is 1.94. The van der Waals surface area contributed by atoms with Gasteiger partial charge in [0.15, 0.2) is 0 Å².